The van der Waals surface area contributed by atoms with Gasteiger partial charge in [-0.3, -0.25) is 14.4 Å². The van der Waals surface area contributed by atoms with Gasteiger partial charge in [-0.25, -0.2) is 0 Å². The Bertz CT molecular complexity index is 428. The number of rotatable bonds is 4. The Morgan fingerprint density at radius 2 is 1.89 bits per heavy atom. The third-order valence-corrected chi connectivity index (χ3v) is 4.17. The zero-order chi connectivity index (χ0) is 13.9. The fourth-order valence-electron chi connectivity index (χ4n) is 2.78. The van der Waals surface area contributed by atoms with E-state index in [0.29, 0.717) is 0 Å². The van der Waals surface area contributed by atoms with Gasteiger partial charge in [0.2, 0.25) is 0 Å². The van der Waals surface area contributed by atoms with Crippen LogP contribution in [0.5, 0.6) is 0 Å². The van der Waals surface area contributed by atoms with E-state index >= 15 is 0 Å². The zero-order valence-electron chi connectivity index (χ0n) is 12.4. The number of carbonyl (C=O) groups excluding carboxylic acids is 1. The molecule has 0 aliphatic carbocycles. The van der Waals surface area contributed by atoms with Gasteiger partial charge in [0.25, 0.3) is 0 Å². The van der Waals surface area contributed by atoms with Crippen molar-refractivity contribution in [1.29, 1.82) is 0 Å². The van der Waals surface area contributed by atoms with Gasteiger partial charge < -0.3 is 0 Å². The largest absolute Gasteiger partial charge is 0.292 e. The first-order valence-electron chi connectivity index (χ1n) is 7.38. The van der Waals surface area contributed by atoms with Gasteiger partial charge >= 0.3 is 0 Å². The summed E-state index contributed by atoms with van der Waals surface area (Å²) in [5, 5.41) is 4.21. The third-order valence-electron chi connectivity index (χ3n) is 4.17. The van der Waals surface area contributed by atoms with Crippen molar-refractivity contribution >= 4 is 5.78 Å². The molecule has 0 N–H and O–H groups in total. The van der Waals surface area contributed by atoms with Crippen LogP contribution in [0.2, 0.25) is 0 Å². The van der Waals surface area contributed by atoms with Gasteiger partial charge in [-0.05, 0) is 46.7 Å². The average Bonchev–Trinajstić information content (AvgIpc) is 2.70. The molecule has 4 heteroatoms. The molecule has 2 heterocycles. The van der Waals surface area contributed by atoms with E-state index in [4.69, 9.17) is 0 Å². The zero-order valence-corrected chi connectivity index (χ0v) is 12.4. The summed E-state index contributed by atoms with van der Waals surface area (Å²) < 4.78 is 1.81. The Kier molecular flexibility index (Phi) is 4.40. The highest BCUT2D eigenvalue weighted by Crippen LogP contribution is 2.24. The van der Waals surface area contributed by atoms with Crippen LogP contribution in [0.1, 0.15) is 56.8 Å². The third kappa shape index (κ3) is 3.06. The summed E-state index contributed by atoms with van der Waals surface area (Å²) in [4.78, 5) is 15.1. The highest BCUT2D eigenvalue weighted by molar-refractivity contribution is 6.02. The van der Waals surface area contributed by atoms with Gasteiger partial charge in [-0.1, -0.05) is 12.8 Å². The average molecular weight is 263 g/mol. The van der Waals surface area contributed by atoms with Crippen molar-refractivity contribution in [2.24, 2.45) is 0 Å². The molecule has 1 saturated heterocycles. The fraction of sp³-hybridized carbons (Fsp3) is 0.733. The minimum Gasteiger partial charge on any atom is -0.292 e. The molecule has 1 aliphatic heterocycles. The normalized spacial score (nSPS) is 18.3. The second-order valence-corrected chi connectivity index (χ2v) is 5.87. The van der Waals surface area contributed by atoms with Crippen LogP contribution in [0.25, 0.3) is 0 Å². The summed E-state index contributed by atoms with van der Waals surface area (Å²) in [6, 6.07) is 0. The van der Waals surface area contributed by atoms with E-state index in [2.05, 4.69) is 10.00 Å². The summed E-state index contributed by atoms with van der Waals surface area (Å²) in [5.41, 5.74) is 0.308. The standard InChI is InChI=1S/C15H25N3O/c1-4-18-12-13(11-16-18)14(19)15(2,3)17-9-7-5-6-8-10-17/h11-12H,4-10H2,1-3H3. The number of aromatic nitrogens is 2. The second kappa shape index (κ2) is 5.87. The summed E-state index contributed by atoms with van der Waals surface area (Å²) in [7, 11) is 0. The second-order valence-electron chi connectivity index (χ2n) is 5.87. The molecule has 2 rings (SSSR count). The maximum atomic E-state index is 12.7. The first-order valence-corrected chi connectivity index (χ1v) is 7.38. The number of likely N-dealkylation sites (tertiary alicyclic amines) is 1. The first kappa shape index (κ1) is 14.3. The predicted octanol–water partition coefficient (Wildman–Crippen LogP) is 2.74. The van der Waals surface area contributed by atoms with Gasteiger partial charge in [-0.15, -0.1) is 0 Å². The van der Waals surface area contributed by atoms with Crippen molar-refractivity contribution in [3.63, 3.8) is 0 Å². The van der Waals surface area contributed by atoms with Crippen molar-refractivity contribution in [3.8, 4) is 0 Å². The van der Waals surface area contributed by atoms with Crippen molar-refractivity contribution < 1.29 is 4.79 Å². The monoisotopic (exact) mass is 263 g/mol. The lowest BCUT2D eigenvalue weighted by Crippen LogP contribution is -2.50. The van der Waals surface area contributed by atoms with Crippen LogP contribution in [0.4, 0.5) is 0 Å². The van der Waals surface area contributed by atoms with Gasteiger partial charge in [0.1, 0.15) is 0 Å². The predicted molar refractivity (Wildman–Crippen MR) is 76.4 cm³/mol. The number of hydrogen-bond donors (Lipinski definition) is 0. The number of hydrogen-bond acceptors (Lipinski definition) is 3. The van der Waals surface area contributed by atoms with Crippen molar-refractivity contribution in [3.05, 3.63) is 18.0 Å². The molecule has 19 heavy (non-hydrogen) atoms. The number of nitrogens with zero attached hydrogens (tertiary/aromatic N) is 3. The van der Waals surface area contributed by atoms with Crippen molar-refractivity contribution in [2.45, 2.75) is 58.5 Å². The van der Waals surface area contributed by atoms with Crippen molar-refractivity contribution in [2.75, 3.05) is 13.1 Å². The quantitative estimate of drug-likeness (QED) is 0.784. The molecule has 0 spiro atoms. The molecule has 1 aromatic rings. The highest BCUT2D eigenvalue weighted by atomic mass is 16.1. The Morgan fingerprint density at radius 1 is 1.26 bits per heavy atom. The molecule has 106 valence electrons. The van der Waals surface area contributed by atoms with Gasteiger partial charge in [0, 0.05) is 12.7 Å². The van der Waals surface area contributed by atoms with Gasteiger partial charge in [-0.2, -0.15) is 5.10 Å². The molecule has 0 radical (unpaired) electrons. The van der Waals surface area contributed by atoms with E-state index in [-0.39, 0.29) is 5.78 Å². The Labute approximate surface area is 115 Å². The molecule has 0 bridgehead atoms. The van der Waals surface area contributed by atoms with E-state index in [9.17, 15) is 4.79 Å². The first-order chi connectivity index (χ1) is 9.05. The molecular weight excluding hydrogens is 238 g/mol. The van der Waals surface area contributed by atoms with Crippen LogP contribution < -0.4 is 0 Å². The molecule has 1 aromatic heterocycles. The van der Waals surface area contributed by atoms with Crippen LogP contribution in [0.3, 0.4) is 0 Å². The van der Waals surface area contributed by atoms with Crippen LogP contribution in [0, 0.1) is 0 Å². The molecule has 1 aliphatic rings. The summed E-state index contributed by atoms with van der Waals surface area (Å²) in [5.74, 6) is 0.189. The van der Waals surface area contributed by atoms with Crippen LogP contribution >= 0.6 is 0 Å². The molecule has 1 fully saturated rings. The Morgan fingerprint density at radius 3 is 2.42 bits per heavy atom. The maximum Gasteiger partial charge on any atom is 0.185 e. The molecule has 0 amide bonds. The molecule has 4 nitrogen and oxygen atoms in total. The molecule has 0 atom stereocenters. The van der Waals surface area contributed by atoms with Crippen LogP contribution in [-0.4, -0.2) is 39.1 Å². The summed E-state index contributed by atoms with van der Waals surface area (Å²) >= 11 is 0. The van der Waals surface area contributed by atoms with Gasteiger partial charge in [0.05, 0.1) is 17.3 Å². The highest BCUT2D eigenvalue weighted by Gasteiger charge is 2.35. The van der Waals surface area contributed by atoms with E-state index < -0.39 is 5.54 Å². The number of ketones is 1. The fourth-order valence-corrected chi connectivity index (χ4v) is 2.78. The van der Waals surface area contributed by atoms with E-state index in [1.165, 1.54) is 25.7 Å². The van der Waals surface area contributed by atoms with Crippen LogP contribution in [0.15, 0.2) is 12.4 Å². The van der Waals surface area contributed by atoms with Crippen LogP contribution in [-0.2, 0) is 6.54 Å². The topological polar surface area (TPSA) is 38.1 Å². The Hall–Kier alpha value is -1.16. The minimum atomic E-state index is -0.425. The molecule has 0 aromatic carbocycles. The minimum absolute atomic E-state index is 0.189. The molecular formula is C15H25N3O. The molecule has 0 unspecified atom stereocenters. The number of Topliss-reactive ketones (excluding diaryl/α,β-unsaturated/α-hetero) is 1. The smallest absolute Gasteiger partial charge is 0.185 e. The van der Waals surface area contributed by atoms with Crippen molar-refractivity contribution in [1.82, 2.24) is 14.7 Å². The van der Waals surface area contributed by atoms with E-state index in [1.807, 2.05) is 31.6 Å². The number of carbonyl (C=O) groups is 1. The van der Waals surface area contributed by atoms with E-state index in [0.717, 1.165) is 25.2 Å². The van der Waals surface area contributed by atoms with Gasteiger partial charge in [0.15, 0.2) is 5.78 Å². The lowest BCUT2D eigenvalue weighted by molar-refractivity contribution is 0.0649. The SMILES string of the molecule is CCn1cc(C(=O)C(C)(C)N2CCCCCC2)cn1. The molecule has 0 saturated carbocycles. The summed E-state index contributed by atoms with van der Waals surface area (Å²) in [6.45, 7) is 8.98. The maximum absolute atomic E-state index is 12.7. The Balaban J connectivity index is 2.14. The van der Waals surface area contributed by atoms with E-state index in [1.54, 1.807) is 6.20 Å². The lowest BCUT2D eigenvalue weighted by atomic mass is 9.92. The summed E-state index contributed by atoms with van der Waals surface area (Å²) in [6.07, 6.45) is 8.53. The lowest BCUT2D eigenvalue weighted by Gasteiger charge is -2.36. The number of aryl methyl sites for hydroxylation is 1.